The van der Waals surface area contributed by atoms with Crippen LogP contribution in [0.2, 0.25) is 0 Å². The van der Waals surface area contributed by atoms with Gasteiger partial charge in [0.2, 0.25) is 5.88 Å². The van der Waals surface area contributed by atoms with E-state index in [-0.39, 0.29) is 4.90 Å². The largest absolute Gasteiger partial charge is 0.493 e. The Bertz CT molecular complexity index is 1290. The van der Waals surface area contributed by atoms with E-state index in [4.69, 9.17) is 14.2 Å². The summed E-state index contributed by atoms with van der Waals surface area (Å²) in [6, 6.07) is 14.2. The van der Waals surface area contributed by atoms with Gasteiger partial charge < -0.3 is 14.2 Å². The highest BCUT2D eigenvalue weighted by molar-refractivity contribution is 7.92. The summed E-state index contributed by atoms with van der Waals surface area (Å²) >= 11 is 0. The molecule has 4 aromatic rings. The third-order valence-electron chi connectivity index (χ3n) is 4.39. The van der Waals surface area contributed by atoms with Gasteiger partial charge in [0.15, 0.2) is 17.3 Å². The Hall–Kier alpha value is -4.12. The molecule has 2 heterocycles. The van der Waals surface area contributed by atoms with Crippen LogP contribution in [0.4, 0.5) is 5.69 Å². The minimum absolute atomic E-state index is 0.0451. The van der Waals surface area contributed by atoms with Crippen molar-refractivity contribution in [3.8, 4) is 28.9 Å². The second kappa shape index (κ2) is 8.94. The molecule has 11 heteroatoms. The van der Waals surface area contributed by atoms with E-state index >= 15 is 0 Å². The summed E-state index contributed by atoms with van der Waals surface area (Å²) in [5.41, 5.74) is 0.369. The average molecular weight is 453 g/mol. The van der Waals surface area contributed by atoms with Crippen LogP contribution in [0, 0.1) is 0 Å². The molecular weight excluding hydrogens is 434 g/mol. The molecule has 0 atom stereocenters. The number of methoxy groups -OCH3 is 2. The van der Waals surface area contributed by atoms with E-state index in [0.29, 0.717) is 34.6 Å². The lowest BCUT2D eigenvalue weighted by Gasteiger charge is -2.12. The predicted octanol–water partition coefficient (Wildman–Crippen LogP) is 3.27. The van der Waals surface area contributed by atoms with Crippen LogP contribution in [0.5, 0.6) is 23.1 Å². The van der Waals surface area contributed by atoms with Crippen LogP contribution < -0.4 is 18.9 Å². The first kappa shape index (κ1) is 21.1. The molecule has 0 saturated carbocycles. The van der Waals surface area contributed by atoms with Crippen LogP contribution >= 0.6 is 0 Å². The predicted molar refractivity (Wildman–Crippen MR) is 116 cm³/mol. The smallest absolute Gasteiger partial charge is 0.262 e. The zero-order chi connectivity index (χ0) is 22.6. The Morgan fingerprint density at radius 1 is 0.906 bits per heavy atom. The Morgan fingerprint density at radius 3 is 2.31 bits per heavy atom. The molecule has 2 aromatic carbocycles. The zero-order valence-electron chi connectivity index (χ0n) is 17.2. The highest BCUT2D eigenvalue weighted by atomic mass is 32.2. The number of benzene rings is 2. The van der Waals surface area contributed by atoms with Crippen LogP contribution in [0.25, 0.3) is 5.82 Å². The van der Waals surface area contributed by atoms with E-state index in [1.165, 1.54) is 32.4 Å². The van der Waals surface area contributed by atoms with Crippen LogP contribution in [0.15, 0.2) is 78.2 Å². The second-order valence-corrected chi connectivity index (χ2v) is 8.13. The van der Waals surface area contributed by atoms with Crippen LogP contribution in [-0.4, -0.2) is 42.4 Å². The molecule has 0 fully saturated rings. The number of hydrogen-bond donors (Lipinski definition) is 1. The highest BCUT2D eigenvalue weighted by Gasteiger charge is 2.17. The molecule has 164 valence electrons. The van der Waals surface area contributed by atoms with Gasteiger partial charge >= 0.3 is 0 Å². The summed E-state index contributed by atoms with van der Waals surface area (Å²) in [5.74, 6) is 2.14. The van der Waals surface area contributed by atoms with Crippen molar-refractivity contribution in [3.05, 3.63) is 73.3 Å². The van der Waals surface area contributed by atoms with Gasteiger partial charge in [-0.25, -0.2) is 13.4 Å². The first-order chi connectivity index (χ1) is 15.5. The zero-order valence-corrected chi connectivity index (χ0v) is 18.0. The fourth-order valence-electron chi connectivity index (χ4n) is 2.81. The maximum absolute atomic E-state index is 12.7. The van der Waals surface area contributed by atoms with E-state index in [0.717, 1.165) is 0 Å². The Kier molecular flexibility index (Phi) is 5.90. The minimum Gasteiger partial charge on any atom is -0.493 e. The fourth-order valence-corrected chi connectivity index (χ4v) is 3.88. The molecular formula is C21H19N5O5S. The summed E-state index contributed by atoms with van der Waals surface area (Å²) in [5, 5.41) is 8.11. The lowest BCUT2D eigenvalue weighted by Crippen LogP contribution is -2.13. The van der Waals surface area contributed by atoms with Gasteiger partial charge in [-0.15, -0.1) is 10.2 Å². The minimum atomic E-state index is -3.83. The van der Waals surface area contributed by atoms with Crippen molar-refractivity contribution in [2.24, 2.45) is 0 Å². The highest BCUT2D eigenvalue weighted by Crippen LogP contribution is 2.30. The van der Waals surface area contributed by atoms with Crippen molar-refractivity contribution in [1.82, 2.24) is 19.7 Å². The van der Waals surface area contributed by atoms with Gasteiger partial charge in [0.05, 0.1) is 19.1 Å². The Balaban J connectivity index is 1.44. The lowest BCUT2D eigenvalue weighted by molar-refractivity contribution is 0.354. The van der Waals surface area contributed by atoms with Gasteiger partial charge in [0.1, 0.15) is 12.1 Å². The molecule has 4 rings (SSSR count). The van der Waals surface area contributed by atoms with Crippen molar-refractivity contribution in [1.29, 1.82) is 0 Å². The molecule has 0 aliphatic rings. The summed E-state index contributed by atoms with van der Waals surface area (Å²) in [4.78, 5) is 4.01. The number of hydrogen-bond acceptors (Lipinski definition) is 8. The molecule has 0 amide bonds. The van der Waals surface area contributed by atoms with Crippen LogP contribution in [0.3, 0.4) is 0 Å². The number of imidazole rings is 1. The number of nitrogens with zero attached hydrogens (tertiary/aromatic N) is 4. The first-order valence-electron chi connectivity index (χ1n) is 9.33. The molecule has 32 heavy (non-hydrogen) atoms. The molecule has 2 aromatic heterocycles. The van der Waals surface area contributed by atoms with Crippen molar-refractivity contribution in [3.63, 3.8) is 0 Å². The second-order valence-electron chi connectivity index (χ2n) is 6.45. The summed E-state index contributed by atoms with van der Waals surface area (Å²) < 4.78 is 45.6. The van der Waals surface area contributed by atoms with Gasteiger partial charge in [-0.3, -0.25) is 9.29 Å². The van der Waals surface area contributed by atoms with Gasteiger partial charge in [-0.2, -0.15) is 0 Å². The lowest BCUT2D eigenvalue weighted by atomic mass is 10.3. The Labute approximate surface area is 184 Å². The number of ether oxygens (including phenoxy) is 3. The quantitative estimate of drug-likeness (QED) is 0.432. The summed E-state index contributed by atoms with van der Waals surface area (Å²) in [6.45, 7) is 0. The molecule has 1 N–H and O–H groups in total. The Morgan fingerprint density at radius 2 is 1.69 bits per heavy atom. The van der Waals surface area contributed by atoms with E-state index in [1.54, 1.807) is 59.7 Å². The molecule has 0 saturated heterocycles. The SMILES string of the molecule is COc1ccc(S(=O)(=O)Nc2ccc(Oc3ccc(-n4ccnc4)nn3)cc2)cc1OC. The molecule has 0 bridgehead atoms. The van der Waals surface area contributed by atoms with Crippen molar-refractivity contribution in [2.45, 2.75) is 4.90 Å². The molecule has 0 spiro atoms. The number of sulfonamides is 1. The van der Waals surface area contributed by atoms with Gasteiger partial charge in [-0.1, -0.05) is 0 Å². The topological polar surface area (TPSA) is 117 Å². The fraction of sp³-hybridized carbons (Fsp3) is 0.0952. The van der Waals surface area contributed by atoms with Gasteiger partial charge in [-0.05, 0) is 42.5 Å². The maximum atomic E-state index is 12.7. The molecule has 0 aliphatic carbocycles. The van der Waals surface area contributed by atoms with E-state index < -0.39 is 10.0 Å². The van der Waals surface area contributed by atoms with Gasteiger partial charge in [0, 0.05) is 30.2 Å². The third kappa shape index (κ3) is 4.62. The molecule has 0 unspecified atom stereocenters. The van der Waals surface area contributed by atoms with Crippen molar-refractivity contribution >= 4 is 15.7 Å². The van der Waals surface area contributed by atoms with E-state index in [2.05, 4.69) is 19.9 Å². The van der Waals surface area contributed by atoms with E-state index in [1.807, 2.05) is 0 Å². The van der Waals surface area contributed by atoms with Gasteiger partial charge in [0.25, 0.3) is 10.0 Å². The normalized spacial score (nSPS) is 11.1. The average Bonchev–Trinajstić information content (AvgIpc) is 3.35. The van der Waals surface area contributed by atoms with E-state index in [9.17, 15) is 8.42 Å². The number of anilines is 1. The third-order valence-corrected chi connectivity index (χ3v) is 5.77. The summed E-state index contributed by atoms with van der Waals surface area (Å²) in [6.07, 6.45) is 5.02. The standard InChI is InChI=1S/C21H19N5O5S/c1-29-18-8-7-17(13-19(18)30-2)32(27,28)25-15-3-5-16(6-4-15)31-21-10-9-20(23-24-21)26-12-11-22-14-26/h3-14,25H,1-2H3. The number of aromatic nitrogens is 4. The first-order valence-corrected chi connectivity index (χ1v) is 10.8. The number of rotatable bonds is 8. The van der Waals surface area contributed by atoms with Crippen molar-refractivity contribution < 1.29 is 22.6 Å². The monoisotopic (exact) mass is 453 g/mol. The molecule has 0 aliphatic heterocycles. The molecule has 0 radical (unpaired) electrons. The van der Waals surface area contributed by atoms with Crippen LogP contribution in [0.1, 0.15) is 0 Å². The van der Waals surface area contributed by atoms with Crippen molar-refractivity contribution in [2.75, 3.05) is 18.9 Å². The van der Waals surface area contributed by atoms with Crippen LogP contribution in [-0.2, 0) is 10.0 Å². The summed E-state index contributed by atoms with van der Waals surface area (Å²) in [7, 11) is -0.905. The maximum Gasteiger partial charge on any atom is 0.262 e. The molecule has 10 nitrogen and oxygen atoms in total. The number of nitrogens with one attached hydrogen (secondary N) is 1.